The van der Waals surface area contributed by atoms with Gasteiger partial charge in [-0.05, 0) is 32.0 Å². The highest BCUT2D eigenvalue weighted by molar-refractivity contribution is 7.16. The van der Waals surface area contributed by atoms with Crippen molar-refractivity contribution in [3.8, 4) is 0 Å². The van der Waals surface area contributed by atoms with Crippen LogP contribution in [0.2, 0.25) is 0 Å². The van der Waals surface area contributed by atoms with Crippen LogP contribution >= 0.6 is 11.3 Å². The van der Waals surface area contributed by atoms with Crippen molar-refractivity contribution in [1.29, 1.82) is 0 Å². The number of aryl methyl sites for hydroxylation is 1. The van der Waals surface area contributed by atoms with Gasteiger partial charge >= 0.3 is 0 Å². The van der Waals surface area contributed by atoms with E-state index in [1.165, 1.54) is 11.3 Å². The van der Waals surface area contributed by atoms with Crippen molar-refractivity contribution in [3.63, 3.8) is 0 Å². The second kappa shape index (κ2) is 5.01. The molecule has 1 unspecified atom stereocenters. The van der Waals surface area contributed by atoms with Gasteiger partial charge < -0.3 is 5.32 Å². The summed E-state index contributed by atoms with van der Waals surface area (Å²) in [7, 11) is 0. The van der Waals surface area contributed by atoms with Gasteiger partial charge in [-0.3, -0.25) is 9.89 Å². The Labute approximate surface area is 119 Å². The molecule has 2 heterocycles. The van der Waals surface area contributed by atoms with Crippen LogP contribution in [0.15, 0.2) is 23.7 Å². The summed E-state index contributed by atoms with van der Waals surface area (Å²) in [5, 5.41) is 9.69. The molecule has 0 aliphatic heterocycles. The first-order valence-electron chi connectivity index (χ1n) is 6.16. The molecule has 3 rings (SSSR count). The number of rotatable bonds is 3. The van der Waals surface area contributed by atoms with Crippen LogP contribution in [-0.4, -0.2) is 26.1 Å². The summed E-state index contributed by atoms with van der Waals surface area (Å²) in [5.74, 6) is 1.16. The van der Waals surface area contributed by atoms with Gasteiger partial charge in [0.15, 0.2) is 5.82 Å². The first-order valence-corrected chi connectivity index (χ1v) is 7.04. The summed E-state index contributed by atoms with van der Waals surface area (Å²) in [5.41, 5.74) is 3.29. The monoisotopic (exact) mass is 287 g/mol. The van der Waals surface area contributed by atoms with E-state index in [1.807, 2.05) is 26.0 Å². The minimum absolute atomic E-state index is 0.143. The maximum atomic E-state index is 12.2. The predicted molar refractivity (Wildman–Crippen MR) is 76.6 cm³/mol. The molecule has 7 heteroatoms. The average Bonchev–Trinajstić information content (AvgIpc) is 3.05. The molecule has 3 aromatic rings. The normalized spacial score (nSPS) is 12.5. The molecule has 1 aromatic carbocycles. The van der Waals surface area contributed by atoms with Crippen molar-refractivity contribution in [1.82, 2.24) is 25.5 Å². The molecule has 0 fully saturated rings. The summed E-state index contributed by atoms with van der Waals surface area (Å²) in [6, 6.07) is 5.22. The number of benzene rings is 1. The van der Waals surface area contributed by atoms with E-state index < -0.39 is 0 Å². The minimum atomic E-state index is -0.246. The van der Waals surface area contributed by atoms with Crippen LogP contribution in [0.1, 0.15) is 35.0 Å². The fourth-order valence-electron chi connectivity index (χ4n) is 1.89. The predicted octanol–water partition coefficient (Wildman–Crippen LogP) is 2.21. The molecule has 0 bridgehead atoms. The summed E-state index contributed by atoms with van der Waals surface area (Å²) in [6.07, 6.45) is 0. The number of hydrogen-bond acceptors (Lipinski definition) is 5. The molecule has 0 aliphatic rings. The van der Waals surface area contributed by atoms with E-state index >= 15 is 0 Å². The topological polar surface area (TPSA) is 83.6 Å². The molecule has 0 saturated heterocycles. The summed E-state index contributed by atoms with van der Waals surface area (Å²) in [6.45, 7) is 3.68. The Bertz CT molecular complexity index is 763. The van der Waals surface area contributed by atoms with Gasteiger partial charge in [-0.2, -0.15) is 5.10 Å². The lowest BCUT2D eigenvalue weighted by molar-refractivity contribution is 0.0938. The molecule has 0 saturated carbocycles. The van der Waals surface area contributed by atoms with E-state index in [1.54, 1.807) is 11.6 Å². The molecule has 0 aliphatic carbocycles. The zero-order chi connectivity index (χ0) is 14.1. The number of carbonyl (C=O) groups excluding carboxylic acids is 1. The number of fused-ring (bicyclic) bond motifs is 1. The van der Waals surface area contributed by atoms with Crippen LogP contribution in [0.3, 0.4) is 0 Å². The number of hydrogen-bond donors (Lipinski definition) is 2. The Balaban J connectivity index is 1.78. The first kappa shape index (κ1) is 12.7. The Morgan fingerprint density at radius 3 is 3.05 bits per heavy atom. The summed E-state index contributed by atoms with van der Waals surface area (Å²) >= 11 is 1.52. The van der Waals surface area contributed by atoms with E-state index in [2.05, 4.69) is 25.5 Å². The van der Waals surface area contributed by atoms with Crippen molar-refractivity contribution < 1.29 is 4.79 Å². The quantitative estimate of drug-likeness (QED) is 0.773. The lowest BCUT2D eigenvalue weighted by atomic mass is 10.2. The zero-order valence-corrected chi connectivity index (χ0v) is 11.9. The van der Waals surface area contributed by atoms with Gasteiger partial charge in [0.1, 0.15) is 5.82 Å². The summed E-state index contributed by atoms with van der Waals surface area (Å²) < 4.78 is 0.999. The number of amides is 1. The van der Waals surface area contributed by atoms with Gasteiger partial charge in [-0.1, -0.05) is 0 Å². The van der Waals surface area contributed by atoms with E-state index in [0.717, 1.165) is 16.0 Å². The first-order chi connectivity index (χ1) is 9.63. The van der Waals surface area contributed by atoms with Crippen LogP contribution < -0.4 is 5.32 Å². The van der Waals surface area contributed by atoms with E-state index in [-0.39, 0.29) is 11.9 Å². The maximum Gasteiger partial charge on any atom is 0.251 e. The number of nitrogens with zero attached hydrogens (tertiary/aromatic N) is 3. The lowest BCUT2D eigenvalue weighted by Crippen LogP contribution is -2.27. The van der Waals surface area contributed by atoms with Crippen LogP contribution in [0, 0.1) is 6.92 Å². The lowest BCUT2D eigenvalue weighted by Gasteiger charge is -2.10. The highest BCUT2D eigenvalue weighted by Gasteiger charge is 2.15. The van der Waals surface area contributed by atoms with Gasteiger partial charge in [0.05, 0.1) is 21.8 Å². The molecule has 2 aromatic heterocycles. The molecule has 0 spiro atoms. The van der Waals surface area contributed by atoms with Crippen molar-refractivity contribution in [2.75, 3.05) is 0 Å². The van der Waals surface area contributed by atoms with Gasteiger partial charge in [0.25, 0.3) is 5.91 Å². The molecular weight excluding hydrogens is 274 g/mol. The third-order valence-electron chi connectivity index (χ3n) is 2.94. The Morgan fingerprint density at radius 1 is 1.45 bits per heavy atom. The Hall–Kier alpha value is -2.28. The molecule has 102 valence electrons. The molecule has 20 heavy (non-hydrogen) atoms. The van der Waals surface area contributed by atoms with E-state index in [0.29, 0.717) is 11.4 Å². The van der Waals surface area contributed by atoms with Crippen LogP contribution in [0.25, 0.3) is 10.2 Å². The minimum Gasteiger partial charge on any atom is -0.342 e. The highest BCUT2D eigenvalue weighted by atomic mass is 32.1. The van der Waals surface area contributed by atoms with Crippen LogP contribution in [0.4, 0.5) is 0 Å². The molecular formula is C13H13N5OS. The van der Waals surface area contributed by atoms with Gasteiger partial charge in [-0.15, -0.1) is 11.3 Å². The van der Waals surface area contributed by atoms with Crippen molar-refractivity contribution in [2.24, 2.45) is 0 Å². The summed E-state index contributed by atoms with van der Waals surface area (Å²) in [4.78, 5) is 20.6. The second-order valence-corrected chi connectivity index (χ2v) is 5.40. The number of carbonyl (C=O) groups is 1. The SMILES string of the molecule is Cc1nc(C(C)NC(=O)c2ccc3ncsc3c2)n[nH]1. The second-order valence-electron chi connectivity index (χ2n) is 4.51. The third kappa shape index (κ3) is 2.39. The fourth-order valence-corrected chi connectivity index (χ4v) is 2.61. The Morgan fingerprint density at radius 2 is 2.30 bits per heavy atom. The number of aromatic amines is 1. The van der Waals surface area contributed by atoms with Crippen molar-refractivity contribution in [2.45, 2.75) is 19.9 Å². The van der Waals surface area contributed by atoms with Gasteiger partial charge in [0, 0.05) is 5.56 Å². The number of nitrogens with one attached hydrogen (secondary N) is 2. The van der Waals surface area contributed by atoms with Gasteiger partial charge in [-0.25, -0.2) is 9.97 Å². The standard InChI is InChI=1S/C13H13N5OS/c1-7(12-16-8(2)17-18-12)15-13(19)9-3-4-10-11(5-9)20-6-14-10/h3-7H,1-2H3,(H,15,19)(H,16,17,18). The van der Waals surface area contributed by atoms with Crippen molar-refractivity contribution >= 4 is 27.5 Å². The van der Waals surface area contributed by atoms with Gasteiger partial charge in [0.2, 0.25) is 0 Å². The zero-order valence-electron chi connectivity index (χ0n) is 11.0. The van der Waals surface area contributed by atoms with Crippen LogP contribution in [0.5, 0.6) is 0 Å². The molecule has 2 N–H and O–H groups in total. The van der Waals surface area contributed by atoms with E-state index in [9.17, 15) is 4.79 Å². The number of H-pyrrole nitrogens is 1. The molecule has 1 atom stereocenters. The third-order valence-corrected chi connectivity index (χ3v) is 3.73. The van der Waals surface area contributed by atoms with Crippen molar-refractivity contribution in [3.05, 3.63) is 40.9 Å². The highest BCUT2D eigenvalue weighted by Crippen LogP contribution is 2.19. The smallest absolute Gasteiger partial charge is 0.251 e. The van der Waals surface area contributed by atoms with Crippen LogP contribution in [-0.2, 0) is 0 Å². The molecule has 6 nitrogen and oxygen atoms in total. The Kier molecular flexibility index (Phi) is 3.19. The van der Waals surface area contributed by atoms with E-state index in [4.69, 9.17) is 0 Å². The largest absolute Gasteiger partial charge is 0.342 e. The maximum absolute atomic E-state index is 12.2. The average molecular weight is 287 g/mol. The number of thiazole rings is 1. The molecule has 0 radical (unpaired) electrons. The fraction of sp³-hybridized carbons (Fsp3) is 0.231. The number of aromatic nitrogens is 4. The molecule has 1 amide bonds.